The summed E-state index contributed by atoms with van der Waals surface area (Å²) < 4.78 is 7.93. The van der Waals surface area contributed by atoms with Crippen molar-refractivity contribution in [3.05, 3.63) is 132 Å². The number of fused-ring (bicyclic) bond motifs is 2. The van der Waals surface area contributed by atoms with Gasteiger partial charge in [0.25, 0.3) is 11.8 Å². The first-order valence-corrected chi connectivity index (χ1v) is 14.1. The molecule has 42 heavy (non-hydrogen) atoms. The van der Waals surface area contributed by atoms with Crippen LogP contribution in [0.1, 0.15) is 39.1 Å². The van der Waals surface area contributed by atoms with Crippen LogP contribution < -0.4 is 9.64 Å². The Morgan fingerprint density at radius 2 is 1.38 bits per heavy atom. The Hall–Kier alpha value is -5.24. The van der Waals surface area contributed by atoms with Crippen molar-refractivity contribution in [1.82, 2.24) is 19.7 Å². The largest absolute Gasteiger partial charge is 0.457 e. The van der Waals surface area contributed by atoms with Crippen molar-refractivity contribution >= 4 is 17.5 Å². The molecule has 2 aliphatic heterocycles. The summed E-state index contributed by atoms with van der Waals surface area (Å²) in [6.45, 7) is 1.81. The van der Waals surface area contributed by atoms with Crippen LogP contribution in [0.15, 0.2) is 116 Å². The van der Waals surface area contributed by atoms with Gasteiger partial charge in [-0.3, -0.25) is 14.2 Å². The fraction of sp³-hybridized carbons (Fsp3) is 0.176. The first-order valence-electron chi connectivity index (χ1n) is 14.1. The molecule has 3 heterocycles. The molecule has 0 aliphatic carbocycles. The highest BCUT2D eigenvalue weighted by Crippen LogP contribution is 2.48. The Labute approximate surface area is 243 Å². The molecule has 2 aliphatic rings. The first kappa shape index (κ1) is 25.7. The highest BCUT2D eigenvalue weighted by atomic mass is 16.5. The molecule has 1 fully saturated rings. The molecule has 4 aromatic carbocycles. The third kappa shape index (κ3) is 4.60. The van der Waals surface area contributed by atoms with Crippen molar-refractivity contribution in [2.45, 2.75) is 18.3 Å². The van der Waals surface area contributed by atoms with Gasteiger partial charge in [0.05, 0.1) is 5.56 Å². The molecule has 0 bridgehead atoms. The summed E-state index contributed by atoms with van der Waals surface area (Å²) >= 11 is 0. The highest BCUT2D eigenvalue weighted by molar-refractivity contribution is 6.09. The molecule has 8 nitrogen and oxygen atoms in total. The average molecular weight is 556 g/mol. The number of piperidine rings is 1. The van der Waals surface area contributed by atoms with Crippen LogP contribution >= 0.6 is 0 Å². The van der Waals surface area contributed by atoms with Crippen LogP contribution in [0.25, 0.3) is 5.69 Å². The van der Waals surface area contributed by atoms with Crippen molar-refractivity contribution in [2.75, 3.05) is 24.5 Å². The molecule has 1 saturated heterocycles. The number of benzene rings is 4. The van der Waals surface area contributed by atoms with E-state index in [0.717, 1.165) is 24.2 Å². The number of anilines is 1. The van der Waals surface area contributed by atoms with Gasteiger partial charge in [0.15, 0.2) is 0 Å². The molecule has 0 radical (unpaired) electrons. The third-order valence-corrected chi connectivity index (χ3v) is 8.40. The molecule has 0 unspecified atom stereocenters. The number of carbonyl (C=O) groups is 2. The van der Waals surface area contributed by atoms with Gasteiger partial charge in [-0.15, -0.1) is 10.2 Å². The van der Waals surface area contributed by atoms with Crippen LogP contribution in [0.4, 0.5) is 5.69 Å². The fourth-order valence-electron chi connectivity index (χ4n) is 6.16. The molecule has 208 valence electrons. The van der Waals surface area contributed by atoms with Gasteiger partial charge >= 0.3 is 0 Å². The van der Waals surface area contributed by atoms with Crippen molar-refractivity contribution < 1.29 is 14.3 Å². The minimum absolute atomic E-state index is 0.0198. The number of amides is 2. The summed E-state index contributed by atoms with van der Waals surface area (Å²) in [5.41, 5.74) is 3.97. The molecular formula is C34H29N5O3. The number of ether oxygens (including phenoxy) is 1. The van der Waals surface area contributed by atoms with Gasteiger partial charge in [0, 0.05) is 42.0 Å². The third-order valence-electron chi connectivity index (χ3n) is 8.40. The second-order valence-electron chi connectivity index (χ2n) is 10.8. The van der Waals surface area contributed by atoms with Crippen LogP contribution in [0, 0.1) is 0 Å². The Morgan fingerprint density at radius 1 is 0.714 bits per heavy atom. The molecule has 1 aromatic heterocycles. The molecule has 0 atom stereocenters. The second-order valence-corrected chi connectivity index (χ2v) is 10.8. The van der Waals surface area contributed by atoms with E-state index in [2.05, 4.69) is 16.3 Å². The SMILES string of the molecule is O=C(c1ccc(-n2cnnc2)cc1)N1CCC2(CC1)CN(C(=O)c1ccccc1Oc1ccccc1)c1ccccc12. The number of likely N-dealkylation sites (tertiary alicyclic amines) is 1. The highest BCUT2D eigenvalue weighted by Gasteiger charge is 2.47. The van der Waals surface area contributed by atoms with E-state index in [1.165, 1.54) is 5.56 Å². The molecular weight excluding hydrogens is 526 g/mol. The van der Waals surface area contributed by atoms with Crippen LogP contribution in [-0.4, -0.2) is 51.1 Å². The maximum atomic E-state index is 14.1. The maximum Gasteiger partial charge on any atom is 0.262 e. The van der Waals surface area contributed by atoms with Crippen LogP contribution in [0.5, 0.6) is 11.5 Å². The van der Waals surface area contributed by atoms with E-state index >= 15 is 0 Å². The van der Waals surface area contributed by atoms with E-state index in [0.29, 0.717) is 42.3 Å². The number of carbonyl (C=O) groups excluding carboxylic acids is 2. The lowest BCUT2D eigenvalue weighted by atomic mass is 9.74. The van der Waals surface area contributed by atoms with E-state index < -0.39 is 0 Å². The van der Waals surface area contributed by atoms with Crippen molar-refractivity contribution in [2.24, 2.45) is 0 Å². The van der Waals surface area contributed by atoms with Gasteiger partial charge in [-0.1, -0.05) is 48.5 Å². The Bertz CT molecular complexity index is 1730. The lowest BCUT2D eigenvalue weighted by Gasteiger charge is -2.40. The van der Waals surface area contributed by atoms with Crippen molar-refractivity contribution in [1.29, 1.82) is 0 Å². The molecule has 7 rings (SSSR count). The van der Waals surface area contributed by atoms with Crippen LogP contribution in [0.2, 0.25) is 0 Å². The van der Waals surface area contributed by atoms with Crippen molar-refractivity contribution in [3.63, 3.8) is 0 Å². The summed E-state index contributed by atoms with van der Waals surface area (Å²) in [5.74, 6) is 1.15. The van der Waals surface area contributed by atoms with Crippen molar-refractivity contribution in [3.8, 4) is 17.2 Å². The molecule has 0 N–H and O–H groups in total. The monoisotopic (exact) mass is 555 g/mol. The van der Waals surface area contributed by atoms with E-state index in [1.54, 1.807) is 17.2 Å². The average Bonchev–Trinajstić information content (AvgIpc) is 3.70. The number of para-hydroxylation sites is 3. The van der Waals surface area contributed by atoms with E-state index in [-0.39, 0.29) is 17.2 Å². The Kier molecular flexibility index (Phi) is 6.51. The van der Waals surface area contributed by atoms with Gasteiger partial charge in [-0.2, -0.15) is 0 Å². The minimum Gasteiger partial charge on any atom is -0.457 e. The standard InChI is InChI=1S/C34H29N5O3/c40-32(25-14-16-26(17-15-25)38-23-35-36-24-38)37-20-18-34(19-21-37)22-39(30-12-6-5-11-29(30)34)33(41)28-10-4-7-13-31(28)42-27-8-2-1-3-9-27/h1-17,23-24H,18-22H2. The summed E-state index contributed by atoms with van der Waals surface area (Å²) in [5, 5.41) is 7.68. The Morgan fingerprint density at radius 3 is 2.14 bits per heavy atom. The number of aromatic nitrogens is 3. The fourth-order valence-corrected chi connectivity index (χ4v) is 6.16. The first-order chi connectivity index (χ1) is 20.6. The van der Waals surface area contributed by atoms with E-state index in [4.69, 9.17) is 4.74 Å². The number of rotatable bonds is 5. The van der Waals surface area contributed by atoms with Gasteiger partial charge in [-0.05, 0) is 73.0 Å². The predicted octanol–water partition coefficient (Wildman–Crippen LogP) is 5.89. The zero-order chi connectivity index (χ0) is 28.5. The van der Waals surface area contributed by atoms with Gasteiger partial charge in [-0.25, -0.2) is 0 Å². The molecule has 8 heteroatoms. The minimum atomic E-state index is -0.212. The van der Waals surface area contributed by atoms with Crippen LogP contribution in [-0.2, 0) is 5.41 Å². The van der Waals surface area contributed by atoms with E-state index in [1.807, 2.05) is 107 Å². The molecule has 1 spiro atoms. The predicted molar refractivity (Wildman–Crippen MR) is 159 cm³/mol. The summed E-state index contributed by atoms with van der Waals surface area (Å²) in [4.78, 5) is 31.3. The normalized spacial score (nSPS) is 15.4. The molecule has 0 saturated carbocycles. The zero-order valence-electron chi connectivity index (χ0n) is 23.0. The Balaban J connectivity index is 1.10. The van der Waals surface area contributed by atoms with Gasteiger partial charge < -0.3 is 14.5 Å². The summed E-state index contributed by atoms with van der Waals surface area (Å²) in [6.07, 6.45) is 4.81. The zero-order valence-corrected chi connectivity index (χ0v) is 23.0. The number of hydrogen-bond donors (Lipinski definition) is 0. The smallest absolute Gasteiger partial charge is 0.262 e. The lowest BCUT2D eigenvalue weighted by Crippen LogP contribution is -2.47. The number of nitrogens with zero attached hydrogens (tertiary/aromatic N) is 5. The van der Waals surface area contributed by atoms with Gasteiger partial charge in [0.2, 0.25) is 0 Å². The molecule has 5 aromatic rings. The van der Waals surface area contributed by atoms with Gasteiger partial charge in [0.1, 0.15) is 24.2 Å². The lowest BCUT2D eigenvalue weighted by molar-refractivity contribution is 0.0670. The maximum absolute atomic E-state index is 14.1. The quantitative estimate of drug-likeness (QED) is 0.270. The topological polar surface area (TPSA) is 80.6 Å². The molecule has 2 amide bonds. The second kappa shape index (κ2) is 10.6. The van der Waals surface area contributed by atoms with Crippen LogP contribution in [0.3, 0.4) is 0 Å². The summed E-state index contributed by atoms with van der Waals surface area (Å²) in [7, 11) is 0. The van der Waals surface area contributed by atoms with E-state index in [9.17, 15) is 9.59 Å². The summed E-state index contributed by atoms with van der Waals surface area (Å²) in [6, 6.07) is 32.6. The number of hydrogen-bond acceptors (Lipinski definition) is 5.